The maximum Gasteiger partial charge on any atom is 0.341 e. The van der Waals surface area contributed by atoms with E-state index < -0.39 is 28.5 Å². The molecule has 2 saturated carbocycles. The average molecular weight is 1120 g/mol. The van der Waals surface area contributed by atoms with Crippen LogP contribution in [0.15, 0.2) is 156 Å². The number of hydrogen-bond acceptors (Lipinski definition) is 17. The van der Waals surface area contributed by atoms with E-state index >= 15 is 0 Å². The van der Waals surface area contributed by atoms with Crippen LogP contribution in [0.1, 0.15) is 64.0 Å². The number of pyridine rings is 4. The van der Waals surface area contributed by atoms with Crippen molar-refractivity contribution in [2.24, 2.45) is 0 Å². The lowest BCUT2D eigenvalue weighted by molar-refractivity contribution is 0.0693. The maximum atomic E-state index is 13.5. The molecule has 0 bridgehead atoms. The number of carbonyl (C=O) groups excluding carboxylic acids is 1. The maximum absolute atomic E-state index is 13.5. The van der Waals surface area contributed by atoms with E-state index in [-0.39, 0.29) is 46.8 Å². The number of carbonyl (C=O) groups is 2. The monoisotopic (exact) mass is 1120 g/mol. The number of nitrogens with zero attached hydrogens (tertiary/aromatic N) is 8. The van der Waals surface area contributed by atoms with Gasteiger partial charge in [0.25, 0.3) is 0 Å². The van der Waals surface area contributed by atoms with Crippen molar-refractivity contribution in [3.8, 4) is 68.8 Å². The van der Waals surface area contributed by atoms with Gasteiger partial charge in [-0.2, -0.15) is 10.2 Å². The fourth-order valence-electron chi connectivity index (χ4n) is 8.62. The van der Waals surface area contributed by atoms with Crippen molar-refractivity contribution in [2.45, 2.75) is 44.2 Å². The quantitative estimate of drug-likeness (QED) is 0.0852. The van der Waals surface area contributed by atoms with E-state index in [0.717, 1.165) is 36.6 Å². The molecule has 6 heterocycles. The van der Waals surface area contributed by atoms with Gasteiger partial charge in [-0.15, -0.1) is 0 Å². The minimum atomic E-state index is -1.28. The summed E-state index contributed by atoms with van der Waals surface area (Å²) in [5.74, 6) is 1.77. The molecule has 0 unspecified atom stereocenters. The van der Waals surface area contributed by atoms with Gasteiger partial charge in [0.05, 0.1) is 69.0 Å². The highest BCUT2D eigenvalue weighted by Crippen LogP contribution is 2.39. The number of methoxy groups -OCH3 is 4. The van der Waals surface area contributed by atoms with Crippen molar-refractivity contribution >= 4 is 39.2 Å². The van der Waals surface area contributed by atoms with Gasteiger partial charge < -0.3 is 39.3 Å². The largest absolute Gasteiger partial charge is 0.493 e. The number of ketones is 1. The van der Waals surface area contributed by atoms with Gasteiger partial charge in [-0.25, -0.2) is 23.5 Å². The second kappa shape index (κ2) is 24.4. The van der Waals surface area contributed by atoms with Crippen molar-refractivity contribution in [1.82, 2.24) is 39.5 Å². The van der Waals surface area contributed by atoms with Crippen LogP contribution in [-0.4, -0.2) is 84.8 Å². The van der Waals surface area contributed by atoms with Crippen LogP contribution in [0.5, 0.6) is 46.3 Å². The summed E-state index contributed by atoms with van der Waals surface area (Å²) in [6.45, 7) is 0. The zero-order valence-electron chi connectivity index (χ0n) is 45.0. The Morgan fingerprint density at radius 1 is 0.554 bits per heavy atom. The summed E-state index contributed by atoms with van der Waals surface area (Å²) >= 11 is 0. The van der Waals surface area contributed by atoms with Gasteiger partial charge in [-0.3, -0.25) is 33.7 Å². The number of nitrogens with two attached hydrogens (primary N) is 1. The number of benzene rings is 4. The molecule has 2 fully saturated rings. The molecular formula is C61H51F2N9O11. The summed E-state index contributed by atoms with van der Waals surface area (Å²) < 4.78 is 62.8. The molecule has 4 aromatic carbocycles. The molecular weight excluding hydrogens is 1070 g/mol. The number of hydrogen-bond donors (Lipinski definition) is 2. The molecule has 3 N–H and O–H groups in total. The molecule has 420 valence electrons. The first-order valence-corrected chi connectivity index (χ1v) is 25.8. The van der Waals surface area contributed by atoms with Crippen LogP contribution >= 0.6 is 0 Å². The van der Waals surface area contributed by atoms with Crippen LogP contribution in [0.4, 0.5) is 14.5 Å². The van der Waals surface area contributed by atoms with E-state index in [0.29, 0.717) is 79.5 Å². The SMILES string of the molecule is COc1cc2nccc(Oc3ccc(CC(=O)c4cn(C5CC5)nc(-c5ccc(F)cc5)c4=O)cn3)c2cc1OC.COc1cc2nccc(Oc3ccc(N)cn3)c2cc1OC.O=C(O)c1cn(C2CC2)nc(-c2ccc(F)cc2)c1=O. The molecule has 0 radical (unpaired) electrons. The topological polar surface area (TPSA) is 257 Å². The smallest absolute Gasteiger partial charge is 0.341 e. The lowest BCUT2D eigenvalue weighted by atomic mass is 10.0. The highest BCUT2D eigenvalue weighted by atomic mass is 19.1. The number of aromatic carboxylic acids is 1. The number of anilines is 1. The first kappa shape index (κ1) is 55.7. The summed E-state index contributed by atoms with van der Waals surface area (Å²) in [5.41, 5.74) is 7.86. The molecule has 0 atom stereocenters. The second-order valence-corrected chi connectivity index (χ2v) is 19.0. The minimum Gasteiger partial charge on any atom is -0.493 e. The Kier molecular flexibility index (Phi) is 16.4. The number of rotatable bonds is 16. The molecule has 10 aromatic rings. The van der Waals surface area contributed by atoms with Crippen molar-refractivity contribution in [3.63, 3.8) is 0 Å². The van der Waals surface area contributed by atoms with Crippen molar-refractivity contribution in [2.75, 3.05) is 34.2 Å². The lowest BCUT2D eigenvalue weighted by Crippen LogP contribution is -2.23. The third-order valence-electron chi connectivity index (χ3n) is 13.2. The minimum absolute atomic E-state index is 0.0325. The number of Topliss-reactive ketones (excluding diaryl/α,β-unsaturated/α-hetero) is 1. The van der Waals surface area contributed by atoms with E-state index in [1.165, 1.54) is 65.6 Å². The Bertz CT molecular complexity index is 4160. The molecule has 12 rings (SSSR count). The summed E-state index contributed by atoms with van der Waals surface area (Å²) in [4.78, 5) is 67.1. The Labute approximate surface area is 471 Å². The van der Waals surface area contributed by atoms with Crippen LogP contribution in [-0.2, 0) is 6.42 Å². The van der Waals surface area contributed by atoms with Crippen LogP contribution in [0, 0.1) is 11.6 Å². The number of carboxylic acids is 1. The van der Waals surface area contributed by atoms with Crippen molar-refractivity contribution < 1.29 is 51.9 Å². The highest BCUT2D eigenvalue weighted by molar-refractivity contribution is 5.98. The molecule has 83 heavy (non-hydrogen) atoms. The number of carboxylic acid groups (broad SMARTS) is 1. The highest BCUT2D eigenvalue weighted by Gasteiger charge is 2.29. The van der Waals surface area contributed by atoms with Gasteiger partial charge in [0.2, 0.25) is 22.6 Å². The fourth-order valence-corrected chi connectivity index (χ4v) is 8.62. The van der Waals surface area contributed by atoms with Gasteiger partial charge in [0, 0.05) is 83.6 Å². The van der Waals surface area contributed by atoms with Gasteiger partial charge >= 0.3 is 5.97 Å². The summed E-state index contributed by atoms with van der Waals surface area (Å²) in [6.07, 6.45) is 12.8. The molecule has 0 saturated heterocycles. The normalized spacial score (nSPS) is 12.5. The first-order valence-electron chi connectivity index (χ1n) is 25.8. The molecule has 6 aromatic heterocycles. The number of nitrogen functional groups attached to an aromatic ring is 1. The van der Waals surface area contributed by atoms with E-state index in [9.17, 15) is 28.0 Å². The molecule has 0 amide bonds. The Morgan fingerprint density at radius 2 is 0.988 bits per heavy atom. The second-order valence-electron chi connectivity index (χ2n) is 19.0. The van der Waals surface area contributed by atoms with E-state index in [1.54, 1.807) is 113 Å². The number of fused-ring (bicyclic) bond motifs is 2. The third-order valence-corrected chi connectivity index (χ3v) is 13.2. The van der Waals surface area contributed by atoms with Gasteiger partial charge in [0.1, 0.15) is 40.1 Å². The number of ether oxygens (including phenoxy) is 6. The Hall–Kier alpha value is -10.6. The van der Waals surface area contributed by atoms with Crippen LogP contribution in [0.25, 0.3) is 44.3 Å². The van der Waals surface area contributed by atoms with Gasteiger partial charge in [-0.1, -0.05) is 6.07 Å². The van der Waals surface area contributed by atoms with E-state index in [2.05, 4.69) is 30.1 Å². The van der Waals surface area contributed by atoms with Gasteiger partial charge in [-0.05, 0) is 110 Å². The molecule has 22 heteroatoms. The summed E-state index contributed by atoms with van der Waals surface area (Å²) in [7, 11) is 6.28. The Balaban J connectivity index is 0.000000154. The van der Waals surface area contributed by atoms with Crippen LogP contribution in [0.2, 0.25) is 0 Å². The summed E-state index contributed by atoms with van der Waals surface area (Å²) in [6, 6.07) is 28.6. The lowest BCUT2D eigenvalue weighted by Gasteiger charge is -2.12. The zero-order chi connectivity index (χ0) is 58.3. The van der Waals surface area contributed by atoms with Crippen molar-refractivity contribution in [3.05, 3.63) is 195 Å². The van der Waals surface area contributed by atoms with E-state index in [4.69, 9.17) is 39.3 Å². The fraction of sp³-hybridized carbons (Fsp3) is 0.180. The molecule has 20 nitrogen and oxygen atoms in total. The van der Waals surface area contributed by atoms with Crippen LogP contribution < -0.4 is 45.0 Å². The van der Waals surface area contributed by atoms with Crippen LogP contribution in [0.3, 0.4) is 0 Å². The van der Waals surface area contributed by atoms with E-state index in [1.807, 2.05) is 6.07 Å². The molecule has 2 aliphatic rings. The zero-order valence-corrected chi connectivity index (χ0v) is 45.0. The standard InChI is InChI=1S/C31H25FN4O5.C16H15N3O3.C14H11FN2O3/c1-39-27-14-22-24(15-28(27)40-2)33-12-11-26(22)41-29-10-3-18(16-34-29)13-25(37)23-17-36(21-8-9-21)35-30(31(23)38)19-4-6-20(32)7-5-19;1-20-14-7-11-12(8-15(14)21-2)18-6-5-13(11)22-16-4-3-10(17)9-19-16;15-9-3-1-8(2-4-9)12-13(18)11(14(19)20)7-17(16-12)10-5-6-10/h3-7,10-12,14-17,21H,8-9,13H2,1-2H3;3-9H,17H2,1-2H3;1-4,7,10H,5-6H2,(H,19,20). The third kappa shape index (κ3) is 12.9. The van der Waals surface area contributed by atoms with Crippen molar-refractivity contribution in [1.29, 1.82) is 0 Å². The summed E-state index contributed by atoms with van der Waals surface area (Å²) in [5, 5.41) is 19.3. The average Bonchev–Trinajstić information content (AvgIpc) is 4.62. The Morgan fingerprint density at radius 3 is 1.40 bits per heavy atom. The number of aromatic nitrogens is 8. The first-order chi connectivity index (χ1) is 40.2. The predicted octanol–water partition coefficient (Wildman–Crippen LogP) is 10.7. The van der Waals surface area contributed by atoms with Gasteiger partial charge in [0.15, 0.2) is 28.8 Å². The molecule has 0 aliphatic heterocycles. The molecule has 2 aliphatic carbocycles. The number of halogens is 2. The molecule has 0 spiro atoms. The predicted molar refractivity (Wildman–Crippen MR) is 302 cm³/mol.